The third-order valence-corrected chi connectivity index (χ3v) is 4.54. The molecule has 1 aromatic rings. The van der Waals surface area contributed by atoms with Crippen LogP contribution < -0.4 is 5.73 Å². The van der Waals surface area contributed by atoms with Crippen LogP contribution in [-0.2, 0) is 16.1 Å². The second-order valence-corrected chi connectivity index (χ2v) is 6.29. The largest absolute Gasteiger partial charge is 0.377 e. The lowest BCUT2D eigenvalue weighted by molar-refractivity contribution is -0.139. The van der Waals surface area contributed by atoms with E-state index in [-0.39, 0.29) is 24.0 Å². The molecule has 0 unspecified atom stereocenters. The Hall–Kier alpha value is -1.46. The van der Waals surface area contributed by atoms with Gasteiger partial charge in [0.15, 0.2) is 0 Å². The predicted molar refractivity (Wildman–Crippen MR) is 90.7 cm³/mol. The van der Waals surface area contributed by atoms with Gasteiger partial charge in [0.25, 0.3) is 0 Å². The third kappa shape index (κ3) is 5.01. The number of carbonyl (C=O) groups excluding carboxylic acids is 1. The summed E-state index contributed by atoms with van der Waals surface area (Å²) in [7, 11) is 0. The predicted octanol–water partition coefficient (Wildman–Crippen LogP) is 2.35. The van der Waals surface area contributed by atoms with Crippen molar-refractivity contribution in [3.63, 3.8) is 0 Å². The summed E-state index contributed by atoms with van der Waals surface area (Å²) >= 11 is 0. The number of nitrogens with zero attached hydrogens (tertiary/aromatic N) is 2. The Morgan fingerprint density at radius 3 is 2.74 bits per heavy atom. The topological polar surface area (TPSA) is 68.5 Å². The molecule has 2 rings (SSSR count). The van der Waals surface area contributed by atoms with Crippen molar-refractivity contribution in [2.75, 3.05) is 13.2 Å². The third-order valence-electron chi connectivity index (χ3n) is 4.54. The minimum Gasteiger partial charge on any atom is -0.377 e. The molecule has 1 heterocycles. The van der Waals surface area contributed by atoms with Crippen LogP contribution >= 0.6 is 0 Å². The van der Waals surface area contributed by atoms with E-state index in [1.165, 1.54) is 0 Å². The van der Waals surface area contributed by atoms with Crippen LogP contribution in [0.15, 0.2) is 24.5 Å². The lowest BCUT2D eigenvalue weighted by Gasteiger charge is -2.35. The van der Waals surface area contributed by atoms with E-state index in [1.807, 2.05) is 24.0 Å². The molecule has 5 heteroatoms. The highest BCUT2D eigenvalue weighted by Gasteiger charge is 2.34. The summed E-state index contributed by atoms with van der Waals surface area (Å²) in [6.07, 6.45) is 6.98. The number of aromatic nitrogens is 1. The van der Waals surface area contributed by atoms with Gasteiger partial charge in [-0.1, -0.05) is 6.92 Å². The van der Waals surface area contributed by atoms with Gasteiger partial charge in [-0.05, 0) is 50.3 Å². The van der Waals surface area contributed by atoms with Gasteiger partial charge < -0.3 is 15.4 Å². The van der Waals surface area contributed by atoms with Crippen LogP contribution in [0.1, 0.15) is 45.1 Å². The van der Waals surface area contributed by atoms with Gasteiger partial charge in [0, 0.05) is 44.0 Å². The summed E-state index contributed by atoms with van der Waals surface area (Å²) in [5.41, 5.74) is 7.27. The fraction of sp³-hybridized carbons (Fsp3) is 0.667. The molecule has 1 aromatic heterocycles. The van der Waals surface area contributed by atoms with Crippen molar-refractivity contribution >= 4 is 5.91 Å². The minimum absolute atomic E-state index is 0.0114. The molecule has 0 aromatic carbocycles. The van der Waals surface area contributed by atoms with Crippen LogP contribution in [0.3, 0.4) is 0 Å². The van der Waals surface area contributed by atoms with Crippen molar-refractivity contribution in [3.05, 3.63) is 30.1 Å². The van der Waals surface area contributed by atoms with E-state index in [2.05, 4.69) is 11.9 Å². The monoisotopic (exact) mass is 319 g/mol. The molecule has 1 saturated carbocycles. The van der Waals surface area contributed by atoms with Crippen LogP contribution in [0.4, 0.5) is 0 Å². The smallest absolute Gasteiger partial charge is 0.226 e. The lowest BCUT2D eigenvalue weighted by Crippen LogP contribution is -2.46. The number of nitrogens with two attached hydrogens (primary N) is 1. The molecule has 1 fully saturated rings. The molecule has 1 aliphatic rings. The van der Waals surface area contributed by atoms with Gasteiger partial charge in [0.1, 0.15) is 0 Å². The first-order valence-corrected chi connectivity index (χ1v) is 8.70. The van der Waals surface area contributed by atoms with Gasteiger partial charge in [0.05, 0.1) is 6.10 Å². The van der Waals surface area contributed by atoms with Crippen molar-refractivity contribution in [1.29, 1.82) is 0 Å². The Balaban J connectivity index is 1.96. The van der Waals surface area contributed by atoms with Gasteiger partial charge in [-0.25, -0.2) is 0 Å². The van der Waals surface area contributed by atoms with Crippen LogP contribution in [0.25, 0.3) is 0 Å². The van der Waals surface area contributed by atoms with E-state index >= 15 is 0 Å². The number of rotatable bonds is 7. The molecule has 0 bridgehead atoms. The first-order valence-electron chi connectivity index (χ1n) is 8.70. The average molecular weight is 319 g/mol. The fourth-order valence-corrected chi connectivity index (χ4v) is 3.15. The van der Waals surface area contributed by atoms with Crippen molar-refractivity contribution < 1.29 is 9.53 Å². The van der Waals surface area contributed by atoms with Crippen LogP contribution in [0, 0.1) is 5.92 Å². The zero-order chi connectivity index (χ0) is 16.7. The van der Waals surface area contributed by atoms with Crippen molar-refractivity contribution in [3.8, 4) is 0 Å². The van der Waals surface area contributed by atoms with Gasteiger partial charge in [0.2, 0.25) is 5.91 Å². The Morgan fingerprint density at radius 1 is 1.35 bits per heavy atom. The first-order chi connectivity index (χ1) is 11.2. The van der Waals surface area contributed by atoms with E-state index in [0.717, 1.165) is 31.2 Å². The minimum atomic E-state index is 0.0114. The van der Waals surface area contributed by atoms with Crippen molar-refractivity contribution in [2.24, 2.45) is 11.7 Å². The molecular formula is C18H29N3O2. The summed E-state index contributed by atoms with van der Waals surface area (Å²) in [5, 5.41) is 0. The van der Waals surface area contributed by atoms with Gasteiger partial charge in [-0.15, -0.1) is 0 Å². The summed E-state index contributed by atoms with van der Waals surface area (Å²) in [5.74, 6) is 0.250. The molecule has 5 nitrogen and oxygen atoms in total. The second kappa shape index (κ2) is 8.99. The van der Waals surface area contributed by atoms with E-state index in [9.17, 15) is 4.79 Å². The van der Waals surface area contributed by atoms with Crippen molar-refractivity contribution in [2.45, 2.75) is 58.2 Å². The molecule has 23 heavy (non-hydrogen) atoms. The first kappa shape index (κ1) is 17.9. The maximum absolute atomic E-state index is 12.9. The molecule has 2 N–H and O–H groups in total. The quantitative estimate of drug-likeness (QED) is 0.837. The SMILES string of the molecule is CCCO[C@@H]1C[C@@H](C(=O)N(CC)Cc2ccncc2)CC[C@H]1N. The lowest BCUT2D eigenvalue weighted by atomic mass is 9.83. The van der Waals surface area contributed by atoms with E-state index in [4.69, 9.17) is 10.5 Å². The maximum Gasteiger partial charge on any atom is 0.226 e. The van der Waals surface area contributed by atoms with E-state index in [1.54, 1.807) is 12.4 Å². The fourth-order valence-electron chi connectivity index (χ4n) is 3.15. The van der Waals surface area contributed by atoms with E-state index < -0.39 is 0 Å². The highest BCUT2D eigenvalue weighted by molar-refractivity contribution is 5.79. The highest BCUT2D eigenvalue weighted by Crippen LogP contribution is 2.28. The normalized spacial score (nSPS) is 24.4. The molecule has 1 amide bonds. The Kier molecular flexibility index (Phi) is 6.99. The summed E-state index contributed by atoms with van der Waals surface area (Å²) in [6.45, 7) is 6.18. The summed E-state index contributed by atoms with van der Waals surface area (Å²) in [6, 6.07) is 3.97. The summed E-state index contributed by atoms with van der Waals surface area (Å²) < 4.78 is 5.85. The number of amides is 1. The van der Waals surface area contributed by atoms with Gasteiger partial charge in [-0.2, -0.15) is 0 Å². The van der Waals surface area contributed by atoms with E-state index in [0.29, 0.717) is 19.7 Å². The van der Waals surface area contributed by atoms with Gasteiger partial charge in [-0.3, -0.25) is 9.78 Å². The molecule has 0 spiro atoms. The number of carbonyl (C=O) groups is 1. The highest BCUT2D eigenvalue weighted by atomic mass is 16.5. The van der Waals surface area contributed by atoms with Crippen LogP contribution in [-0.4, -0.2) is 41.1 Å². The van der Waals surface area contributed by atoms with Gasteiger partial charge >= 0.3 is 0 Å². The summed E-state index contributed by atoms with van der Waals surface area (Å²) in [4.78, 5) is 18.8. The number of ether oxygens (including phenoxy) is 1. The van der Waals surface area contributed by atoms with Crippen LogP contribution in [0.5, 0.6) is 0 Å². The molecule has 1 aliphatic carbocycles. The standard InChI is InChI=1S/C18H29N3O2/c1-3-11-23-17-12-15(5-6-16(17)19)18(22)21(4-2)13-14-7-9-20-10-8-14/h7-10,15-17H,3-6,11-13,19H2,1-2H3/t15-,16+,17+/m0/s1. The Labute approximate surface area is 139 Å². The Bertz CT molecular complexity index is 480. The molecule has 0 saturated heterocycles. The number of pyridine rings is 1. The maximum atomic E-state index is 12.9. The molecule has 0 radical (unpaired) electrons. The number of hydrogen-bond acceptors (Lipinski definition) is 4. The van der Waals surface area contributed by atoms with Crippen molar-refractivity contribution in [1.82, 2.24) is 9.88 Å². The second-order valence-electron chi connectivity index (χ2n) is 6.29. The molecule has 3 atom stereocenters. The molecule has 0 aliphatic heterocycles. The Morgan fingerprint density at radius 2 is 2.09 bits per heavy atom. The zero-order valence-corrected chi connectivity index (χ0v) is 14.3. The number of hydrogen-bond donors (Lipinski definition) is 1. The molecule has 128 valence electrons. The zero-order valence-electron chi connectivity index (χ0n) is 14.3. The molecular weight excluding hydrogens is 290 g/mol. The van der Waals surface area contributed by atoms with Crippen LogP contribution in [0.2, 0.25) is 0 Å². The average Bonchev–Trinajstić information content (AvgIpc) is 2.59.